The van der Waals surface area contributed by atoms with Crippen molar-refractivity contribution in [3.8, 4) is 0 Å². The van der Waals surface area contributed by atoms with Crippen LogP contribution in [0.4, 0.5) is 0 Å². The van der Waals surface area contributed by atoms with Crippen molar-refractivity contribution in [1.82, 2.24) is 4.90 Å². The number of hydrogen-bond donors (Lipinski definition) is 1. The highest BCUT2D eigenvalue weighted by molar-refractivity contribution is 5.69. The number of carbonyl (C=O) groups is 2. The Labute approximate surface area is 280 Å². The van der Waals surface area contributed by atoms with Gasteiger partial charge in [0.15, 0.2) is 0 Å². The van der Waals surface area contributed by atoms with Crippen molar-refractivity contribution in [3.05, 3.63) is 0 Å². The summed E-state index contributed by atoms with van der Waals surface area (Å²) >= 11 is 0. The number of hydrogen-bond acceptors (Lipinski definition) is 6. The summed E-state index contributed by atoms with van der Waals surface area (Å²) in [6, 6.07) is 0. The average Bonchev–Trinajstić information content (AvgIpc) is 3.03. The van der Waals surface area contributed by atoms with Gasteiger partial charge in [0.05, 0.1) is 13.2 Å². The first-order valence-corrected chi connectivity index (χ1v) is 19.8. The van der Waals surface area contributed by atoms with Crippen molar-refractivity contribution in [2.75, 3.05) is 32.8 Å². The van der Waals surface area contributed by atoms with E-state index in [1.807, 2.05) is 0 Å². The Morgan fingerprint density at radius 2 is 0.933 bits per heavy atom. The highest BCUT2D eigenvalue weighted by Gasteiger charge is 2.14. The van der Waals surface area contributed by atoms with Crippen LogP contribution < -0.4 is 0 Å². The summed E-state index contributed by atoms with van der Waals surface area (Å²) in [5.41, 5.74) is 0. The fraction of sp³-hybridized carbons (Fsp3) is 0.949. The summed E-state index contributed by atoms with van der Waals surface area (Å²) < 4.78 is 11.2. The lowest BCUT2D eigenvalue weighted by Gasteiger charge is -2.21. The van der Waals surface area contributed by atoms with Crippen LogP contribution >= 0.6 is 0 Å². The molecule has 0 aromatic heterocycles. The van der Waals surface area contributed by atoms with Crippen molar-refractivity contribution in [2.24, 2.45) is 0 Å². The van der Waals surface area contributed by atoms with Gasteiger partial charge in [-0.3, -0.25) is 9.59 Å². The van der Waals surface area contributed by atoms with Gasteiger partial charge in [-0.05, 0) is 70.9 Å². The van der Waals surface area contributed by atoms with Crippen LogP contribution in [0.3, 0.4) is 0 Å². The molecule has 0 aromatic carbocycles. The number of unbranched alkanes of at least 4 members (excludes halogenated alkanes) is 19. The van der Waals surface area contributed by atoms with Gasteiger partial charge in [0.25, 0.3) is 0 Å². The van der Waals surface area contributed by atoms with Crippen LogP contribution in [0.25, 0.3) is 0 Å². The van der Waals surface area contributed by atoms with Crippen molar-refractivity contribution < 1.29 is 24.2 Å². The van der Waals surface area contributed by atoms with Gasteiger partial charge in [-0.15, -0.1) is 0 Å². The zero-order valence-corrected chi connectivity index (χ0v) is 30.4. The summed E-state index contributed by atoms with van der Waals surface area (Å²) in [6.07, 6.45) is 31.4. The molecule has 0 atom stereocenters. The average molecular weight is 640 g/mol. The minimum atomic E-state index is -0.0365. The normalized spacial score (nSPS) is 11.5. The molecule has 0 aliphatic heterocycles. The molecule has 0 heterocycles. The Morgan fingerprint density at radius 3 is 1.42 bits per heavy atom. The molecule has 0 spiro atoms. The van der Waals surface area contributed by atoms with E-state index in [0.717, 1.165) is 83.8 Å². The van der Waals surface area contributed by atoms with Crippen LogP contribution in [-0.2, 0) is 19.1 Å². The third-order valence-electron chi connectivity index (χ3n) is 8.95. The van der Waals surface area contributed by atoms with Gasteiger partial charge in [-0.25, -0.2) is 0 Å². The van der Waals surface area contributed by atoms with Crippen LogP contribution in [0.15, 0.2) is 0 Å². The zero-order chi connectivity index (χ0) is 33.1. The Hall–Kier alpha value is -1.14. The van der Waals surface area contributed by atoms with E-state index >= 15 is 0 Å². The fourth-order valence-corrected chi connectivity index (χ4v) is 5.99. The van der Waals surface area contributed by atoms with Gasteiger partial charge in [-0.2, -0.15) is 0 Å². The Morgan fingerprint density at radius 1 is 0.511 bits per heavy atom. The monoisotopic (exact) mass is 640 g/mol. The fourth-order valence-electron chi connectivity index (χ4n) is 5.99. The molecular formula is C39H77NO5. The summed E-state index contributed by atoms with van der Waals surface area (Å²) in [4.78, 5) is 26.7. The maximum absolute atomic E-state index is 12.5. The van der Waals surface area contributed by atoms with Gasteiger partial charge in [0.2, 0.25) is 0 Å². The summed E-state index contributed by atoms with van der Waals surface area (Å²) in [5.74, 6) is -0.0197. The first-order valence-electron chi connectivity index (χ1n) is 19.8. The second-order valence-corrected chi connectivity index (χ2v) is 13.4. The summed E-state index contributed by atoms with van der Waals surface area (Å²) in [5, 5.41) is 9.47. The van der Waals surface area contributed by atoms with E-state index in [-0.39, 0.29) is 24.6 Å². The van der Waals surface area contributed by atoms with Crippen molar-refractivity contribution in [1.29, 1.82) is 0 Å². The maximum Gasteiger partial charge on any atom is 0.306 e. The van der Waals surface area contributed by atoms with Crippen LogP contribution in [0, 0.1) is 0 Å². The van der Waals surface area contributed by atoms with Gasteiger partial charge in [-0.1, -0.05) is 130 Å². The molecule has 0 bridgehead atoms. The number of rotatable bonds is 36. The molecule has 268 valence electrons. The Balaban J connectivity index is 3.81. The second kappa shape index (κ2) is 35.7. The molecule has 6 nitrogen and oxygen atoms in total. The smallest absolute Gasteiger partial charge is 0.306 e. The maximum atomic E-state index is 12.5. The minimum absolute atomic E-state index is 0.0168. The second-order valence-electron chi connectivity index (χ2n) is 13.4. The first kappa shape index (κ1) is 43.9. The van der Waals surface area contributed by atoms with Crippen LogP contribution in [0.2, 0.25) is 0 Å². The lowest BCUT2D eigenvalue weighted by atomic mass is 10.0. The number of aliphatic hydroxyl groups is 1. The number of aliphatic hydroxyl groups excluding tert-OH is 1. The SMILES string of the molecule is CCCCCCOC(=O)CCCCCCCN(CCO)CCCCCCCCCC(=O)OC(CCCCCC)CCCCCC. The lowest BCUT2D eigenvalue weighted by Crippen LogP contribution is -2.29. The lowest BCUT2D eigenvalue weighted by molar-refractivity contribution is -0.150. The molecule has 0 fully saturated rings. The highest BCUT2D eigenvalue weighted by Crippen LogP contribution is 2.17. The molecule has 0 amide bonds. The summed E-state index contributed by atoms with van der Waals surface area (Å²) in [7, 11) is 0. The van der Waals surface area contributed by atoms with E-state index in [9.17, 15) is 14.7 Å². The van der Waals surface area contributed by atoms with Gasteiger partial charge in [0, 0.05) is 19.4 Å². The van der Waals surface area contributed by atoms with Crippen molar-refractivity contribution in [2.45, 2.75) is 207 Å². The Kier molecular flexibility index (Phi) is 34.8. The zero-order valence-electron chi connectivity index (χ0n) is 30.4. The van der Waals surface area contributed by atoms with Gasteiger partial charge < -0.3 is 19.5 Å². The predicted molar refractivity (Wildman–Crippen MR) is 191 cm³/mol. The van der Waals surface area contributed by atoms with Crippen molar-refractivity contribution >= 4 is 11.9 Å². The van der Waals surface area contributed by atoms with Crippen LogP contribution in [0.5, 0.6) is 0 Å². The van der Waals surface area contributed by atoms with Gasteiger partial charge >= 0.3 is 11.9 Å². The van der Waals surface area contributed by atoms with Crippen molar-refractivity contribution in [3.63, 3.8) is 0 Å². The molecule has 0 aromatic rings. The molecule has 0 aliphatic carbocycles. The molecule has 1 N–H and O–H groups in total. The number of ether oxygens (including phenoxy) is 2. The summed E-state index contributed by atoms with van der Waals surface area (Å²) in [6.45, 7) is 10.3. The molecule has 6 heteroatoms. The molecule has 0 radical (unpaired) electrons. The van der Waals surface area contributed by atoms with E-state index in [2.05, 4.69) is 25.7 Å². The molecule has 0 saturated heterocycles. The highest BCUT2D eigenvalue weighted by atomic mass is 16.5. The third-order valence-corrected chi connectivity index (χ3v) is 8.95. The van der Waals surface area contributed by atoms with Crippen LogP contribution in [0.1, 0.15) is 201 Å². The Bertz CT molecular complexity index is 617. The largest absolute Gasteiger partial charge is 0.466 e. The third kappa shape index (κ3) is 32.6. The van der Waals surface area contributed by atoms with Gasteiger partial charge in [0.1, 0.15) is 6.10 Å². The predicted octanol–water partition coefficient (Wildman–Crippen LogP) is 10.7. The minimum Gasteiger partial charge on any atom is -0.466 e. The molecule has 0 rings (SSSR count). The molecule has 45 heavy (non-hydrogen) atoms. The van der Waals surface area contributed by atoms with E-state index in [1.54, 1.807) is 0 Å². The number of carbonyl (C=O) groups excluding carboxylic acids is 2. The topological polar surface area (TPSA) is 76.1 Å². The molecule has 0 saturated carbocycles. The standard InChI is InChI=1S/C39H77NO5/c1-4-7-10-21-28-37(29-22-11-8-5-2)45-39(43)31-24-17-14-13-15-19-25-32-40(34-35-41)33-26-20-16-18-23-30-38(42)44-36-27-12-9-6-3/h37,41H,4-36H2,1-3H3. The van der Waals surface area contributed by atoms with E-state index in [4.69, 9.17) is 9.47 Å². The van der Waals surface area contributed by atoms with E-state index in [1.165, 1.54) is 103 Å². The number of nitrogens with zero attached hydrogens (tertiary/aromatic N) is 1. The molecule has 0 aliphatic rings. The quantitative estimate of drug-likeness (QED) is 0.0543. The molecular weight excluding hydrogens is 562 g/mol. The molecule has 0 unspecified atom stereocenters. The van der Waals surface area contributed by atoms with E-state index < -0.39 is 0 Å². The van der Waals surface area contributed by atoms with Crippen LogP contribution in [-0.4, -0.2) is 60.9 Å². The first-order chi connectivity index (χ1) is 22.1. The van der Waals surface area contributed by atoms with E-state index in [0.29, 0.717) is 19.4 Å². The number of esters is 2.